The van der Waals surface area contributed by atoms with Crippen LogP contribution in [0.15, 0.2) is 59.6 Å². The first-order valence-corrected chi connectivity index (χ1v) is 9.41. The number of anilines is 1. The Bertz CT molecular complexity index is 870. The molecule has 0 saturated carbocycles. The maximum Gasteiger partial charge on any atom is 0.251 e. The van der Waals surface area contributed by atoms with Gasteiger partial charge in [-0.05, 0) is 52.7 Å². The molecule has 0 aliphatic carbocycles. The molecule has 2 aromatic heterocycles. The number of rotatable bonds is 7. The number of nitrogens with one attached hydrogen (secondary N) is 2. The summed E-state index contributed by atoms with van der Waals surface area (Å²) in [5.41, 5.74) is 2.01. The summed E-state index contributed by atoms with van der Waals surface area (Å²) < 4.78 is 7.33. The number of carbonyl (C=O) groups is 2. The van der Waals surface area contributed by atoms with Gasteiger partial charge in [0, 0.05) is 25.0 Å². The minimum absolute atomic E-state index is 0.0978. The first-order chi connectivity index (χ1) is 13.1. The number of amides is 2. The monoisotopic (exact) mass is 383 g/mol. The van der Waals surface area contributed by atoms with Crippen LogP contribution in [-0.2, 0) is 4.79 Å². The van der Waals surface area contributed by atoms with Crippen LogP contribution >= 0.6 is 11.3 Å². The van der Waals surface area contributed by atoms with Crippen LogP contribution in [0.25, 0.3) is 0 Å². The van der Waals surface area contributed by atoms with E-state index in [-0.39, 0.29) is 24.3 Å². The SMILES string of the molecule is CNC(=O)c1ccc(OC)c(NC(=O)CC(c2ccsc2)n2cccc2)c1. The van der Waals surface area contributed by atoms with E-state index < -0.39 is 0 Å². The number of benzene rings is 1. The van der Waals surface area contributed by atoms with Gasteiger partial charge in [-0.3, -0.25) is 9.59 Å². The number of thiophene rings is 1. The van der Waals surface area contributed by atoms with E-state index in [9.17, 15) is 9.59 Å². The van der Waals surface area contributed by atoms with Crippen LogP contribution in [0.2, 0.25) is 0 Å². The summed E-state index contributed by atoms with van der Waals surface area (Å²) in [7, 11) is 3.09. The predicted octanol–water partition coefficient (Wildman–Crippen LogP) is 3.54. The Morgan fingerprint density at radius 3 is 2.63 bits per heavy atom. The van der Waals surface area contributed by atoms with E-state index in [0.29, 0.717) is 17.0 Å². The van der Waals surface area contributed by atoms with Gasteiger partial charge in [-0.2, -0.15) is 11.3 Å². The first kappa shape index (κ1) is 18.7. The second-order valence-corrected chi connectivity index (χ2v) is 6.73. The van der Waals surface area contributed by atoms with Crippen LogP contribution in [0.3, 0.4) is 0 Å². The minimum atomic E-state index is -0.225. The quantitative estimate of drug-likeness (QED) is 0.655. The van der Waals surface area contributed by atoms with Crippen molar-refractivity contribution in [2.45, 2.75) is 12.5 Å². The highest BCUT2D eigenvalue weighted by Gasteiger charge is 2.19. The Kier molecular flexibility index (Phi) is 5.93. The fourth-order valence-electron chi connectivity index (χ4n) is 2.88. The molecule has 0 aliphatic heterocycles. The number of aromatic nitrogens is 1. The van der Waals surface area contributed by atoms with Gasteiger partial charge in [0.1, 0.15) is 5.75 Å². The molecule has 27 heavy (non-hydrogen) atoms. The second-order valence-electron chi connectivity index (χ2n) is 5.95. The molecule has 2 heterocycles. The summed E-state index contributed by atoms with van der Waals surface area (Å²) in [6.45, 7) is 0. The molecule has 1 aromatic carbocycles. The lowest BCUT2D eigenvalue weighted by molar-refractivity contribution is -0.116. The number of ether oxygens (including phenoxy) is 1. The van der Waals surface area contributed by atoms with Gasteiger partial charge in [-0.15, -0.1) is 0 Å². The molecule has 0 spiro atoms. The lowest BCUT2D eigenvalue weighted by Gasteiger charge is -2.19. The summed E-state index contributed by atoms with van der Waals surface area (Å²) in [5, 5.41) is 9.50. The summed E-state index contributed by atoms with van der Waals surface area (Å²) in [6, 6.07) is 10.7. The largest absolute Gasteiger partial charge is 0.495 e. The molecule has 2 N–H and O–H groups in total. The van der Waals surface area contributed by atoms with E-state index in [4.69, 9.17) is 4.74 Å². The molecular formula is C20H21N3O3S. The normalized spacial score (nSPS) is 11.6. The Hall–Kier alpha value is -3.06. The van der Waals surface area contributed by atoms with E-state index in [1.807, 2.05) is 45.9 Å². The van der Waals surface area contributed by atoms with Crippen molar-refractivity contribution in [2.75, 3.05) is 19.5 Å². The summed E-state index contributed by atoms with van der Waals surface area (Å²) in [6.07, 6.45) is 4.16. The molecular weight excluding hydrogens is 362 g/mol. The summed E-state index contributed by atoms with van der Waals surface area (Å²) in [4.78, 5) is 24.6. The van der Waals surface area contributed by atoms with Crippen LogP contribution < -0.4 is 15.4 Å². The van der Waals surface area contributed by atoms with Gasteiger partial charge in [0.25, 0.3) is 5.91 Å². The zero-order valence-corrected chi connectivity index (χ0v) is 16.0. The maximum absolute atomic E-state index is 12.8. The van der Waals surface area contributed by atoms with Gasteiger partial charge in [0.2, 0.25) is 5.91 Å². The van der Waals surface area contributed by atoms with Crippen molar-refractivity contribution < 1.29 is 14.3 Å². The number of nitrogens with zero attached hydrogens (tertiary/aromatic N) is 1. The van der Waals surface area contributed by atoms with E-state index in [0.717, 1.165) is 5.56 Å². The van der Waals surface area contributed by atoms with E-state index in [2.05, 4.69) is 10.6 Å². The van der Waals surface area contributed by atoms with Crippen LogP contribution in [-0.4, -0.2) is 30.5 Å². The van der Waals surface area contributed by atoms with Crippen molar-refractivity contribution in [2.24, 2.45) is 0 Å². The van der Waals surface area contributed by atoms with Crippen molar-refractivity contribution >= 4 is 28.8 Å². The topological polar surface area (TPSA) is 72.4 Å². The first-order valence-electron chi connectivity index (χ1n) is 8.47. The highest BCUT2D eigenvalue weighted by molar-refractivity contribution is 7.08. The van der Waals surface area contributed by atoms with E-state index in [1.54, 1.807) is 36.6 Å². The maximum atomic E-state index is 12.8. The van der Waals surface area contributed by atoms with Crippen molar-refractivity contribution in [3.8, 4) is 5.75 Å². The van der Waals surface area contributed by atoms with Crippen LogP contribution in [0.4, 0.5) is 5.69 Å². The zero-order valence-electron chi connectivity index (χ0n) is 15.1. The fraction of sp³-hybridized carbons (Fsp3) is 0.200. The summed E-state index contributed by atoms with van der Waals surface area (Å²) in [5.74, 6) is 0.118. The highest BCUT2D eigenvalue weighted by atomic mass is 32.1. The standard InChI is InChI=1S/C20H21N3O3S/c1-21-20(25)14-5-6-18(26-2)16(11-14)22-19(24)12-17(15-7-10-27-13-15)23-8-3-4-9-23/h3-11,13,17H,12H2,1-2H3,(H,21,25)(H,22,24). The molecule has 0 fully saturated rings. The smallest absolute Gasteiger partial charge is 0.251 e. The number of hydrogen-bond donors (Lipinski definition) is 2. The number of methoxy groups -OCH3 is 1. The lowest BCUT2D eigenvalue weighted by Crippen LogP contribution is -2.21. The third-order valence-corrected chi connectivity index (χ3v) is 4.96. The molecule has 0 bridgehead atoms. The highest BCUT2D eigenvalue weighted by Crippen LogP contribution is 2.28. The molecule has 3 rings (SSSR count). The minimum Gasteiger partial charge on any atom is -0.495 e. The van der Waals surface area contributed by atoms with Crippen LogP contribution in [0.5, 0.6) is 5.75 Å². The van der Waals surface area contributed by atoms with Gasteiger partial charge in [-0.1, -0.05) is 0 Å². The molecule has 7 heteroatoms. The molecule has 1 unspecified atom stereocenters. The molecule has 3 aromatic rings. The van der Waals surface area contributed by atoms with Crippen LogP contribution in [0.1, 0.15) is 28.4 Å². The Morgan fingerprint density at radius 1 is 1.22 bits per heavy atom. The third-order valence-electron chi connectivity index (χ3n) is 4.26. The number of carbonyl (C=O) groups excluding carboxylic acids is 2. The lowest BCUT2D eigenvalue weighted by atomic mass is 10.1. The third kappa shape index (κ3) is 4.38. The Balaban J connectivity index is 1.81. The van der Waals surface area contributed by atoms with Gasteiger partial charge < -0.3 is 19.9 Å². The Labute approximate surface area is 161 Å². The molecule has 2 amide bonds. The van der Waals surface area contributed by atoms with Crippen molar-refractivity contribution in [1.29, 1.82) is 0 Å². The van der Waals surface area contributed by atoms with Crippen molar-refractivity contribution in [1.82, 2.24) is 9.88 Å². The average molecular weight is 383 g/mol. The van der Waals surface area contributed by atoms with Gasteiger partial charge in [0.15, 0.2) is 0 Å². The van der Waals surface area contributed by atoms with Gasteiger partial charge in [0.05, 0.1) is 25.3 Å². The fourth-order valence-corrected chi connectivity index (χ4v) is 3.59. The predicted molar refractivity (Wildman–Crippen MR) is 107 cm³/mol. The van der Waals surface area contributed by atoms with E-state index in [1.165, 1.54) is 7.11 Å². The molecule has 140 valence electrons. The molecule has 6 nitrogen and oxygen atoms in total. The number of hydrogen-bond acceptors (Lipinski definition) is 4. The molecule has 1 atom stereocenters. The zero-order chi connectivity index (χ0) is 19.2. The van der Waals surface area contributed by atoms with Crippen LogP contribution in [0, 0.1) is 0 Å². The van der Waals surface area contributed by atoms with E-state index >= 15 is 0 Å². The van der Waals surface area contributed by atoms with Crippen molar-refractivity contribution in [3.63, 3.8) is 0 Å². The molecule has 0 aliphatic rings. The Morgan fingerprint density at radius 2 is 2.00 bits per heavy atom. The summed E-state index contributed by atoms with van der Waals surface area (Å²) >= 11 is 1.60. The van der Waals surface area contributed by atoms with Gasteiger partial charge in [-0.25, -0.2) is 0 Å². The average Bonchev–Trinajstić information content (AvgIpc) is 3.39. The molecule has 0 saturated heterocycles. The van der Waals surface area contributed by atoms with Gasteiger partial charge >= 0.3 is 0 Å². The molecule has 0 radical (unpaired) electrons. The second kappa shape index (κ2) is 8.55. The van der Waals surface area contributed by atoms with Crippen molar-refractivity contribution in [3.05, 3.63) is 70.7 Å².